The fourth-order valence-corrected chi connectivity index (χ4v) is 2.63. The highest BCUT2D eigenvalue weighted by molar-refractivity contribution is 14.1. The van der Waals surface area contributed by atoms with E-state index < -0.39 is 0 Å². The maximum Gasteiger partial charge on any atom is 0.252 e. The van der Waals surface area contributed by atoms with E-state index in [9.17, 15) is 4.79 Å². The largest absolute Gasteiger partial charge is 0.393 e. The molecular weight excluding hydrogens is 443 g/mol. The second kappa shape index (κ2) is 8.72. The molecule has 7 heteroatoms. The minimum Gasteiger partial charge on any atom is -0.393 e. The normalized spacial score (nSPS) is 11.6. The highest BCUT2D eigenvalue weighted by atomic mass is 127. The van der Waals surface area contributed by atoms with Crippen molar-refractivity contribution in [2.45, 2.75) is 4.05 Å². The third-order valence-electron chi connectivity index (χ3n) is 3.58. The number of para-hydroxylation sites is 1. The van der Waals surface area contributed by atoms with Gasteiger partial charge in [0.1, 0.15) is 16.2 Å². The SMILES string of the molecule is O=C(NC(I)CO)c1cccc(-c2cc(Nc3ccccc3)ncn2)c1. The Balaban J connectivity index is 1.82. The zero-order chi connectivity index (χ0) is 18.4. The quantitative estimate of drug-likeness (QED) is 0.298. The van der Waals surface area contributed by atoms with E-state index in [-0.39, 0.29) is 16.6 Å². The molecular formula is C19H17IN4O2. The number of halogens is 1. The van der Waals surface area contributed by atoms with Crippen molar-refractivity contribution in [1.29, 1.82) is 0 Å². The number of aliphatic hydroxyl groups excluding tert-OH is 1. The topological polar surface area (TPSA) is 87.1 Å². The number of benzene rings is 2. The molecule has 1 heterocycles. The van der Waals surface area contributed by atoms with Gasteiger partial charge in [0, 0.05) is 22.9 Å². The Hall–Kier alpha value is -2.52. The van der Waals surface area contributed by atoms with Crippen LogP contribution in [0.5, 0.6) is 0 Å². The molecule has 132 valence electrons. The Morgan fingerprint density at radius 2 is 1.88 bits per heavy atom. The number of nitrogens with zero attached hydrogens (tertiary/aromatic N) is 2. The first-order chi connectivity index (χ1) is 12.7. The van der Waals surface area contributed by atoms with Crippen LogP contribution in [0.3, 0.4) is 0 Å². The van der Waals surface area contributed by atoms with E-state index in [0.717, 1.165) is 11.3 Å². The lowest BCUT2D eigenvalue weighted by molar-refractivity contribution is 0.0941. The van der Waals surface area contributed by atoms with Gasteiger partial charge in [-0.2, -0.15) is 0 Å². The molecule has 0 fully saturated rings. The van der Waals surface area contributed by atoms with Crippen LogP contribution in [0.2, 0.25) is 0 Å². The molecule has 26 heavy (non-hydrogen) atoms. The highest BCUT2D eigenvalue weighted by Crippen LogP contribution is 2.22. The molecule has 0 aliphatic carbocycles. The predicted octanol–water partition coefficient (Wildman–Crippen LogP) is 3.37. The fourth-order valence-electron chi connectivity index (χ4n) is 2.34. The summed E-state index contributed by atoms with van der Waals surface area (Å²) in [6.45, 7) is -0.119. The van der Waals surface area contributed by atoms with Crippen molar-refractivity contribution in [3.8, 4) is 11.3 Å². The van der Waals surface area contributed by atoms with E-state index >= 15 is 0 Å². The molecule has 0 bridgehead atoms. The Morgan fingerprint density at radius 1 is 1.08 bits per heavy atom. The van der Waals surface area contributed by atoms with Crippen molar-refractivity contribution in [3.05, 3.63) is 72.6 Å². The van der Waals surface area contributed by atoms with E-state index in [0.29, 0.717) is 17.1 Å². The second-order valence-electron chi connectivity index (χ2n) is 5.48. The molecule has 0 saturated carbocycles. The van der Waals surface area contributed by atoms with Gasteiger partial charge < -0.3 is 15.7 Å². The lowest BCUT2D eigenvalue weighted by atomic mass is 10.1. The van der Waals surface area contributed by atoms with Crippen LogP contribution in [0.15, 0.2) is 67.0 Å². The Kier molecular flexibility index (Phi) is 6.13. The number of hydrogen-bond acceptors (Lipinski definition) is 5. The van der Waals surface area contributed by atoms with Gasteiger partial charge in [0.05, 0.1) is 12.3 Å². The monoisotopic (exact) mass is 460 g/mol. The first-order valence-corrected chi connectivity index (χ1v) is 9.20. The molecule has 0 radical (unpaired) electrons. The first-order valence-electron chi connectivity index (χ1n) is 7.96. The van der Waals surface area contributed by atoms with Crippen molar-refractivity contribution in [2.75, 3.05) is 11.9 Å². The number of amides is 1. The summed E-state index contributed by atoms with van der Waals surface area (Å²) in [5.41, 5.74) is 2.96. The van der Waals surface area contributed by atoms with Crippen molar-refractivity contribution in [2.24, 2.45) is 0 Å². The number of carbonyl (C=O) groups is 1. The summed E-state index contributed by atoms with van der Waals surface area (Å²) in [7, 11) is 0. The van der Waals surface area contributed by atoms with Gasteiger partial charge in [0.2, 0.25) is 0 Å². The molecule has 0 aliphatic heterocycles. The van der Waals surface area contributed by atoms with Gasteiger partial charge >= 0.3 is 0 Å². The van der Waals surface area contributed by atoms with Gasteiger partial charge in [-0.15, -0.1) is 0 Å². The van der Waals surface area contributed by atoms with Crippen LogP contribution < -0.4 is 10.6 Å². The lowest BCUT2D eigenvalue weighted by Crippen LogP contribution is -2.32. The summed E-state index contributed by atoms with van der Waals surface area (Å²) >= 11 is 1.97. The van der Waals surface area contributed by atoms with Crippen LogP contribution in [-0.4, -0.2) is 31.6 Å². The van der Waals surface area contributed by atoms with Gasteiger partial charge in [0.25, 0.3) is 5.91 Å². The Morgan fingerprint density at radius 3 is 2.65 bits per heavy atom. The molecule has 1 amide bonds. The van der Waals surface area contributed by atoms with Crippen LogP contribution in [-0.2, 0) is 0 Å². The molecule has 6 nitrogen and oxygen atoms in total. The summed E-state index contributed by atoms with van der Waals surface area (Å²) < 4.78 is -0.329. The zero-order valence-corrected chi connectivity index (χ0v) is 15.9. The molecule has 0 aliphatic rings. The molecule has 0 spiro atoms. The standard InChI is InChI=1S/C19H17IN4O2/c20-17(11-25)24-19(26)14-6-4-5-13(9-14)16-10-18(22-12-21-16)23-15-7-2-1-3-8-15/h1-10,12,17,25H,11H2,(H,24,26)(H,21,22,23). The van der Waals surface area contributed by atoms with Crippen molar-refractivity contribution >= 4 is 40.0 Å². The summed E-state index contributed by atoms with van der Waals surface area (Å²) in [6.07, 6.45) is 1.49. The Bertz CT molecular complexity index is 889. The first kappa shape index (κ1) is 18.3. The Labute approximate surface area is 164 Å². The zero-order valence-electron chi connectivity index (χ0n) is 13.8. The molecule has 3 rings (SSSR count). The molecule has 3 N–H and O–H groups in total. The number of aliphatic hydroxyl groups is 1. The summed E-state index contributed by atoms with van der Waals surface area (Å²) in [6, 6.07) is 18.8. The lowest BCUT2D eigenvalue weighted by Gasteiger charge is -2.10. The van der Waals surface area contributed by atoms with Crippen molar-refractivity contribution < 1.29 is 9.90 Å². The average molecular weight is 460 g/mol. The second-order valence-corrected chi connectivity index (χ2v) is 6.99. The van der Waals surface area contributed by atoms with Gasteiger partial charge in [-0.3, -0.25) is 4.79 Å². The van der Waals surface area contributed by atoms with Gasteiger partial charge in [-0.1, -0.05) is 52.9 Å². The molecule has 2 aromatic carbocycles. The van der Waals surface area contributed by atoms with Gasteiger partial charge in [0.15, 0.2) is 0 Å². The van der Waals surface area contributed by atoms with Gasteiger partial charge in [-0.05, 0) is 24.3 Å². The molecule has 1 aromatic heterocycles. The smallest absolute Gasteiger partial charge is 0.252 e. The number of rotatable bonds is 6. The third kappa shape index (κ3) is 4.77. The molecule has 0 saturated heterocycles. The third-order valence-corrected chi connectivity index (χ3v) is 4.29. The number of aromatic nitrogens is 2. The molecule has 1 atom stereocenters. The maximum absolute atomic E-state index is 12.2. The number of alkyl halides is 1. The van der Waals surface area contributed by atoms with Crippen LogP contribution in [0.1, 0.15) is 10.4 Å². The number of hydrogen-bond donors (Lipinski definition) is 3. The maximum atomic E-state index is 12.2. The highest BCUT2D eigenvalue weighted by Gasteiger charge is 2.11. The van der Waals surface area contributed by atoms with E-state index in [4.69, 9.17) is 5.11 Å². The predicted molar refractivity (Wildman–Crippen MR) is 110 cm³/mol. The summed E-state index contributed by atoms with van der Waals surface area (Å²) in [4.78, 5) is 20.8. The van der Waals surface area contributed by atoms with Crippen molar-refractivity contribution in [1.82, 2.24) is 15.3 Å². The van der Waals surface area contributed by atoms with E-state index in [1.165, 1.54) is 6.33 Å². The van der Waals surface area contributed by atoms with E-state index in [1.54, 1.807) is 18.2 Å². The number of carbonyl (C=O) groups excluding carboxylic acids is 1. The molecule has 1 unspecified atom stereocenters. The van der Waals surface area contributed by atoms with Crippen LogP contribution >= 0.6 is 22.6 Å². The van der Waals surface area contributed by atoms with Crippen LogP contribution in [0.4, 0.5) is 11.5 Å². The average Bonchev–Trinajstić information content (AvgIpc) is 2.69. The number of anilines is 2. The van der Waals surface area contributed by atoms with E-state index in [1.807, 2.05) is 65.1 Å². The van der Waals surface area contributed by atoms with E-state index in [2.05, 4.69) is 20.6 Å². The number of nitrogens with one attached hydrogen (secondary N) is 2. The minimum atomic E-state index is -0.329. The molecule has 3 aromatic rings. The summed E-state index contributed by atoms with van der Waals surface area (Å²) in [5, 5.41) is 15.0. The van der Waals surface area contributed by atoms with Crippen LogP contribution in [0.25, 0.3) is 11.3 Å². The van der Waals surface area contributed by atoms with Crippen LogP contribution in [0, 0.1) is 0 Å². The summed E-state index contributed by atoms with van der Waals surface area (Å²) in [5.74, 6) is 0.431. The van der Waals surface area contributed by atoms with Gasteiger partial charge in [-0.25, -0.2) is 9.97 Å². The minimum absolute atomic E-state index is 0.119. The fraction of sp³-hybridized carbons (Fsp3) is 0.105. The van der Waals surface area contributed by atoms with Crippen molar-refractivity contribution in [3.63, 3.8) is 0 Å².